The maximum Gasteiger partial charge on any atom is 0.359 e. The first-order valence-electron chi connectivity index (χ1n) is 10.3. The predicted molar refractivity (Wildman–Crippen MR) is 113 cm³/mol. The molecule has 31 heavy (non-hydrogen) atoms. The second kappa shape index (κ2) is 8.71. The van der Waals surface area contributed by atoms with E-state index in [-0.39, 0.29) is 17.4 Å². The van der Waals surface area contributed by atoms with E-state index >= 15 is 0 Å². The molecule has 0 bridgehead atoms. The van der Waals surface area contributed by atoms with Crippen molar-refractivity contribution in [1.82, 2.24) is 14.7 Å². The van der Waals surface area contributed by atoms with Crippen molar-refractivity contribution in [3.05, 3.63) is 82.9 Å². The fraction of sp³-hybridized carbons (Fsp3) is 0.292. The molecule has 0 spiro atoms. The number of aromatic nitrogens is 2. The van der Waals surface area contributed by atoms with Gasteiger partial charge < -0.3 is 9.64 Å². The number of rotatable bonds is 6. The quantitative estimate of drug-likeness (QED) is 0.570. The number of hydrogen-bond acceptors (Lipinski definition) is 4. The summed E-state index contributed by atoms with van der Waals surface area (Å²) in [5.41, 5.74) is 3.67. The largest absolute Gasteiger partial charge is 0.448 e. The minimum Gasteiger partial charge on any atom is -0.448 e. The van der Waals surface area contributed by atoms with Gasteiger partial charge in [-0.25, -0.2) is 13.9 Å². The Bertz CT molecular complexity index is 1090. The maximum absolute atomic E-state index is 13.3. The number of hydrogen-bond donors (Lipinski definition) is 0. The predicted octanol–water partition coefficient (Wildman–Crippen LogP) is 3.70. The van der Waals surface area contributed by atoms with Gasteiger partial charge in [0.25, 0.3) is 5.91 Å². The second-order valence-corrected chi connectivity index (χ2v) is 7.74. The molecule has 0 saturated carbocycles. The summed E-state index contributed by atoms with van der Waals surface area (Å²) >= 11 is 0. The van der Waals surface area contributed by atoms with E-state index in [9.17, 15) is 14.0 Å². The lowest BCUT2D eigenvalue weighted by atomic mass is 10.2. The van der Waals surface area contributed by atoms with Crippen LogP contribution in [0.1, 0.15) is 40.7 Å². The van der Waals surface area contributed by atoms with E-state index in [4.69, 9.17) is 4.74 Å². The summed E-state index contributed by atoms with van der Waals surface area (Å²) in [5, 5.41) is 4.45. The van der Waals surface area contributed by atoms with E-state index in [1.807, 2.05) is 30.3 Å². The van der Waals surface area contributed by atoms with Crippen LogP contribution in [0.2, 0.25) is 0 Å². The van der Waals surface area contributed by atoms with Gasteiger partial charge in [0.1, 0.15) is 5.82 Å². The number of fused-ring (bicyclic) bond motifs is 1. The number of nitrogens with zero attached hydrogens (tertiary/aromatic N) is 3. The third kappa shape index (κ3) is 4.35. The van der Waals surface area contributed by atoms with Gasteiger partial charge in [-0.05, 0) is 56.0 Å². The normalized spacial score (nSPS) is 13.5. The summed E-state index contributed by atoms with van der Waals surface area (Å²) in [4.78, 5) is 27.1. The van der Waals surface area contributed by atoms with Crippen LogP contribution < -0.4 is 0 Å². The Hall–Kier alpha value is -3.48. The lowest BCUT2D eigenvalue weighted by Gasteiger charge is -2.21. The maximum atomic E-state index is 13.3. The molecule has 1 heterocycles. The van der Waals surface area contributed by atoms with Gasteiger partial charge in [-0.2, -0.15) is 5.10 Å². The van der Waals surface area contributed by atoms with E-state index in [1.54, 1.807) is 30.8 Å². The summed E-state index contributed by atoms with van der Waals surface area (Å²) in [6, 6.07) is 15.6. The van der Waals surface area contributed by atoms with Crippen LogP contribution >= 0.6 is 0 Å². The molecule has 1 aliphatic carbocycles. The van der Waals surface area contributed by atoms with Crippen LogP contribution in [0.3, 0.4) is 0 Å². The van der Waals surface area contributed by atoms with Gasteiger partial charge in [-0.3, -0.25) is 4.79 Å². The van der Waals surface area contributed by atoms with E-state index < -0.39 is 12.1 Å². The molecule has 0 saturated heterocycles. The molecule has 0 N–H and O–H groups in total. The van der Waals surface area contributed by atoms with Crippen LogP contribution in [0.15, 0.2) is 54.6 Å². The number of esters is 1. The third-order valence-corrected chi connectivity index (χ3v) is 5.47. The van der Waals surface area contributed by atoms with Crippen molar-refractivity contribution in [3.63, 3.8) is 0 Å². The van der Waals surface area contributed by atoms with Crippen LogP contribution in [0.25, 0.3) is 5.69 Å². The van der Waals surface area contributed by atoms with E-state index in [1.165, 1.54) is 17.0 Å². The van der Waals surface area contributed by atoms with Crippen molar-refractivity contribution in [2.75, 3.05) is 7.05 Å². The van der Waals surface area contributed by atoms with Gasteiger partial charge in [0.2, 0.25) is 0 Å². The van der Waals surface area contributed by atoms with E-state index in [0.717, 1.165) is 36.1 Å². The zero-order valence-corrected chi connectivity index (χ0v) is 17.5. The molecule has 1 aromatic heterocycles. The van der Waals surface area contributed by atoms with Crippen LogP contribution in [0, 0.1) is 5.82 Å². The first-order chi connectivity index (χ1) is 14.9. The minimum absolute atomic E-state index is 0.224. The molecule has 1 amide bonds. The van der Waals surface area contributed by atoms with Gasteiger partial charge in [-0.15, -0.1) is 0 Å². The van der Waals surface area contributed by atoms with Crippen LogP contribution in [0.5, 0.6) is 0 Å². The third-order valence-electron chi connectivity index (χ3n) is 5.47. The van der Waals surface area contributed by atoms with Gasteiger partial charge >= 0.3 is 5.97 Å². The Morgan fingerprint density at radius 2 is 1.84 bits per heavy atom. The van der Waals surface area contributed by atoms with Crippen molar-refractivity contribution in [2.45, 2.75) is 38.8 Å². The smallest absolute Gasteiger partial charge is 0.359 e. The molecule has 1 aliphatic rings. The Kier molecular flexibility index (Phi) is 5.84. The van der Waals surface area contributed by atoms with E-state index in [0.29, 0.717) is 12.2 Å². The Morgan fingerprint density at radius 1 is 1.13 bits per heavy atom. The lowest BCUT2D eigenvalue weighted by Crippen LogP contribution is -2.37. The van der Waals surface area contributed by atoms with Gasteiger partial charge in [0, 0.05) is 24.8 Å². The number of amides is 1. The molecule has 2 aromatic carbocycles. The molecule has 0 radical (unpaired) electrons. The number of benzene rings is 2. The lowest BCUT2D eigenvalue weighted by molar-refractivity contribution is -0.139. The fourth-order valence-electron chi connectivity index (χ4n) is 3.91. The van der Waals surface area contributed by atoms with Gasteiger partial charge in [0.05, 0.1) is 5.69 Å². The monoisotopic (exact) mass is 421 g/mol. The van der Waals surface area contributed by atoms with Crippen LogP contribution in [-0.2, 0) is 28.9 Å². The summed E-state index contributed by atoms with van der Waals surface area (Å²) in [6.07, 6.45) is 1.47. The number of ether oxygens (including phenoxy) is 1. The fourth-order valence-corrected chi connectivity index (χ4v) is 3.91. The molecule has 0 aliphatic heterocycles. The first-order valence-corrected chi connectivity index (χ1v) is 10.3. The first kappa shape index (κ1) is 20.8. The van der Waals surface area contributed by atoms with Crippen LogP contribution in [0.4, 0.5) is 4.39 Å². The van der Waals surface area contributed by atoms with E-state index in [2.05, 4.69) is 5.10 Å². The van der Waals surface area contributed by atoms with Crippen molar-refractivity contribution < 1.29 is 18.7 Å². The molecule has 4 rings (SSSR count). The highest BCUT2D eigenvalue weighted by Gasteiger charge is 2.30. The highest BCUT2D eigenvalue weighted by Crippen LogP contribution is 2.28. The molecular weight excluding hydrogens is 397 g/mol. The highest BCUT2D eigenvalue weighted by atomic mass is 19.1. The molecule has 3 aromatic rings. The summed E-state index contributed by atoms with van der Waals surface area (Å²) in [7, 11) is 1.68. The zero-order valence-electron chi connectivity index (χ0n) is 17.5. The van der Waals surface area contributed by atoms with Crippen molar-refractivity contribution >= 4 is 11.9 Å². The SMILES string of the molecule is CC(OC(=O)c1nn(-c2ccc(F)cc2)c2c1CCC2)C(=O)N(C)Cc1ccccc1. The van der Waals surface area contributed by atoms with Gasteiger partial charge in [0.15, 0.2) is 11.8 Å². The number of carbonyl (C=O) groups is 2. The number of likely N-dealkylation sites (N-methyl/N-ethyl adjacent to an activating group) is 1. The Balaban J connectivity index is 1.49. The van der Waals surface area contributed by atoms with Gasteiger partial charge in [-0.1, -0.05) is 30.3 Å². The van der Waals surface area contributed by atoms with Crippen molar-refractivity contribution in [2.24, 2.45) is 0 Å². The Labute approximate surface area is 180 Å². The molecule has 7 heteroatoms. The molecular formula is C24H24FN3O3. The minimum atomic E-state index is -0.936. The number of carbonyl (C=O) groups excluding carboxylic acids is 2. The number of halogens is 1. The summed E-state index contributed by atoms with van der Waals surface area (Å²) < 4.78 is 20.4. The standard InChI is InChI=1S/C24H24FN3O3/c1-16(23(29)27(2)15-17-7-4-3-5-8-17)31-24(30)22-20-9-6-10-21(20)28(26-22)19-13-11-18(25)12-14-19/h3-5,7-8,11-14,16H,6,9-10,15H2,1-2H3. The zero-order chi connectivity index (χ0) is 22.0. The average molecular weight is 421 g/mol. The van der Waals surface area contributed by atoms with Crippen molar-refractivity contribution in [1.29, 1.82) is 0 Å². The summed E-state index contributed by atoms with van der Waals surface area (Å²) in [5.74, 6) is -1.24. The topological polar surface area (TPSA) is 64.4 Å². The summed E-state index contributed by atoms with van der Waals surface area (Å²) in [6.45, 7) is 2.00. The van der Waals surface area contributed by atoms with Crippen LogP contribution in [-0.4, -0.2) is 39.7 Å². The molecule has 0 fully saturated rings. The molecule has 160 valence electrons. The second-order valence-electron chi connectivity index (χ2n) is 7.74. The molecule has 1 atom stereocenters. The Morgan fingerprint density at radius 3 is 2.55 bits per heavy atom. The average Bonchev–Trinajstić information content (AvgIpc) is 3.37. The molecule has 6 nitrogen and oxygen atoms in total. The molecule has 1 unspecified atom stereocenters. The highest BCUT2D eigenvalue weighted by molar-refractivity contribution is 5.92. The van der Waals surface area contributed by atoms with Crippen molar-refractivity contribution in [3.8, 4) is 5.69 Å².